The van der Waals surface area contributed by atoms with E-state index in [0.717, 1.165) is 16.5 Å². The third-order valence-electron chi connectivity index (χ3n) is 4.19. The second-order valence-corrected chi connectivity index (χ2v) is 6.61. The molecule has 28 heavy (non-hydrogen) atoms. The molecule has 0 fully saturated rings. The van der Waals surface area contributed by atoms with Gasteiger partial charge in [-0.3, -0.25) is 4.79 Å². The minimum Gasteiger partial charge on any atom is -0.484 e. The van der Waals surface area contributed by atoms with Gasteiger partial charge in [-0.05, 0) is 42.8 Å². The first-order chi connectivity index (χ1) is 13.6. The number of para-hydroxylation sites is 1. The van der Waals surface area contributed by atoms with Gasteiger partial charge in [0.1, 0.15) is 11.8 Å². The lowest BCUT2D eigenvalue weighted by Crippen LogP contribution is -2.45. The lowest BCUT2D eigenvalue weighted by Gasteiger charge is -2.17. The summed E-state index contributed by atoms with van der Waals surface area (Å²) in [5, 5.41) is 4.29. The Morgan fingerprint density at radius 2 is 1.89 bits per heavy atom. The summed E-state index contributed by atoms with van der Waals surface area (Å²) in [5.74, 6) is -0.371. The second-order valence-electron chi connectivity index (χ2n) is 6.18. The third-order valence-corrected chi connectivity index (χ3v) is 4.44. The smallest absolute Gasteiger partial charge is 0.328 e. The average Bonchev–Trinajstić information content (AvgIpc) is 3.10. The molecule has 0 bridgehead atoms. The van der Waals surface area contributed by atoms with Gasteiger partial charge >= 0.3 is 5.97 Å². The topological polar surface area (TPSA) is 80.4 Å². The van der Waals surface area contributed by atoms with Gasteiger partial charge < -0.3 is 19.8 Å². The molecule has 0 aliphatic rings. The minimum absolute atomic E-state index is 0.217. The van der Waals surface area contributed by atoms with Gasteiger partial charge in [0.05, 0.1) is 6.61 Å². The van der Waals surface area contributed by atoms with Crippen LogP contribution >= 0.6 is 11.6 Å². The highest BCUT2D eigenvalue weighted by Crippen LogP contribution is 2.19. The molecule has 6 nitrogen and oxygen atoms in total. The van der Waals surface area contributed by atoms with E-state index in [0.29, 0.717) is 17.2 Å². The van der Waals surface area contributed by atoms with Crippen molar-refractivity contribution in [1.82, 2.24) is 10.3 Å². The third kappa shape index (κ3) is 5.04. The molecule has 0 unspecified atom stereocenters. The van der Waals surface area contributed by atoms with Crippen molar-refractivity contribution in [2.24, 2.45) is 0 Å². The van der Waals surface area contributed by atoms with Crippen LogP contribution in [0.3, 0.4) is 0 Å². The van der Waals surface area contributed by atoms with Crippen LogP contribution in [0.4, 0.5) is 0 Å². The van der Waals surface area contributed by atoms with Crippen molar-refractivity contribution >= 4 is 34.4 Å². The molecular formula is C21H21ClN2O4. The maximum Gasteiger partial charge on any atom is 0.328 e. The zero-order valence-corrected chi connectivity index (χ0v) is 16.2. The Balaban J connectivity index is 1.66. The van der Waals surface area contributed by atoms with Crippen molar-refractivity contribution in [2.75, 3.05) is 13.2 Å². The molecule has 1 atom stereocenters. The lowest BCUT2D eigenvalue weighted by molar-refractivity contribution is -0.147. The molecule has 2 N–H and O–H groups in total. The summed E-state index contributed by atoms with van der Waals surface area (Å²) in [5.41, 5.74) is 1.89. The Labute approximate surface area is 167 Å². The van der Waals surface area contributed by atoms with Gasteiger partial charge in [0, 0.05) is 28.5 Å². The first-order valence-electron chi connectivity index (χ1n) is 8.96. The normalized spacial score (nSPS) is 11.8. The van der Waals surface area contributed by atoms with Crippen LogP contribution in [0.15, 0.2) is 54.7 Å². The number of amides is 1. The molecule has 7 heteroatoms. The van der Waals surface area contributed by atoms with E-state index in [-0.39, 0.29) is 13.2 Å². The van der Waals surface area contributed by atoms with E-state index in [1.54, 1.807) is 31.2 Å². The Morgan fingerprint density at radius 1 is 1.14 bits per heavy atom. The summed E-state index contributed by atoms with van der Waals surface area (Å²) in [4.78, 5) is 27.8. The maximum atomic E-state index is 12.4. The lowest BCUT2D eigenvalue weighted by atomic mass is 10.0. The molecule has 1 amide bonds. The fourth-order valence-corrected chi connectivity index (χ4v) is 3.00. The van der Waals surface area contributed by atoms with Crippen LogP contribution in [0.1, 0.15) is 12.5 Å². The number of esters is 1. The van der Waals surface area contributed by atoms with Crippen molar-refractivity contribution in [3.63, 3.8) is 0 Å². The summed E-state index contributed by atoms with van der Waals surface area (Å²) >= 11 is 5.83. The maximum absolute atomic E-state index is 12.4. The number of rotatable bonds is 8. The van der Waals surface area contributed by atoms with Crippen molar-refractivity contribution in [1.29, 1.82) is 0 Å². The Morgan fingerprint density at radius 3 is 2.64 bits per heavy atom. The van der Waals surface area contributed by atoms with E-state index >= 15 is 0 Å². The molecule has 3 rings (SSSR count). The van der Waals surface area contributed by atoms with Gasteiger partial charge in [0.2, 0.25) is 0 Å². The number of nitrogens with one attached hydrogen (secondary N) is 2. The molecule has 0 saturated carbocycles. The van der Waals surface area contributed by atoms with E-state index in [1.165, 1.54) is 0 Å². The van der Waals surface area contributed by atoms with Gasteiger partial charge in [0.25, 0.3) is 5.91 Å². The van der Waals surface area contributed by atoms with Crippen LogP contribution in [0, 0.1) is 0 Å². The summed E-state index contributed by atoms with van der Waals surface area (Å²) < 4.78 is 10.6. The van der Waals surface area contributed by atoms with E-state index < -0.39 is 17.9 Å². The largest absolute Gasteiger partial charge is 0.484 e. The van der Waals surface area contributed by atoms with E-state index in [9.17, 15) is 9.59 Å². The molecule has 146 valence electrons. The first kappa shape index (κ1) is 19.8. The molecule has 2 aromatic carbocycles. The SMILES string of the molecule is CCOC(=O)[C@H](Cc1c[nH]c2ccccc12)NC(=O)COc1ccc(Cl)cc1. The van der Waals surface area contributed by atoms with Crippen molar-refractivity contribution < 1.29 is 19.1 Å². The number of aromatic amines is 1. The highest BCUT2D eigenvalue weighted by Gasteiger charge is 2.24. The molecule has 0 aliphatic carbocycles. The molecule has 0 aliphatic heterocycles. The Bertz CT molecular complexity index is 952. The number of ether oxygens (including phenoxy) is 2. The molecule has 1 aromatic heterocycles. The number of hydrogen-bond acceptors (Lipinski definition) is 4. The summed E-state index contributed by atoms with van der Waals surface area (Å²) in [6, 6.07) is 13.7. The van der Waals surface area contributed by atoms with Gasteiger partial charge in [-0.15, -0.1) is 0 Å². The summed E-state index contributed by atoms with van der Waals surface area (Å²) in [6.45, 7) is 1.75. The van der Waals surface area contributed by atoms with E-state index in [1.807, 2.05) is 30.5 Å². The number of hydrogen-bond donors (Lipinski definition) is 2. The average molecular weight is 401 g/mol. The first-order valence-corrected chi connectivity index (χ1v) is 9.34. The number of H-pyrrole nitrogens is 1. The Hall–Kier alpha value is -2.99. The molecule has 1 heterocycles. The van der Waals surface area contributed by atoms with Gasteiger partial charge in [0.15, 0.2) is 6.61 Å². The molecule has 0 spiro atoms. The fourth-order valence-electron chi connectivity index (χ4n) is 2.87. The van der Waals surface area contributed by atoms with Crippen molar-refractivity contribution in [3.8, 4) is 5.75 Å². The molecule has 0 radical (unpaired) electrons. The highest BCUT2D eigenvalue weighted by molar-refractivity contribution is 6.30. The van der Waals surface area contributed by atoms with E-state index in [2.05, 4.69) is 10.3 Å². The number of benzene rings is 2. The summed E-state index contributed by atoms with van der Waals surface area (Å²) in [7, 11) is 0. The monoisotopic (exact) mass is 400 g/mol. The standard InChI is InChI=1S/C21H21ClN2O4/c1-2-27-21(26)19(11-14-12-23-18-6-4-3-5-17(14)18)24-20(25)13-28-16-9-7-15(22)8-10-16/h3-10,12,19,23H,2,11,13H2,1H3,(H,24,25)/t19-/m0/s1. The van der Waals surface area contributed by atoms with E-state index in [4.69, 9.17) is 21.1 Å². The van der Waals surface area contributed by atoms with Crippen LogP contribution in [0.25, 0.3) is 10.9 Å². The van der Waals surface area contributed by atoms with Crippen molar-refractivity contribution in [2.45, 2.75) is 19.4 Å². The highest BCUT2D eigenvalue weighted by atomic mass is 35.5. The van der Waals surface area contributed by atoms with Gasteiger partial charge in [-0.2, -0.15) is 0 Å². The fraction of sp³-hybridized carbons (Fsp3) is 0.238. The van der Waals surface area contributed by atoms with Crippen LogP contribution in [-0.4, -0.2) is 36.1 Å². The van der Waals surface area contributed by atoms with Crippen LogP contribution < -0.4 is 10.1 Å². The van der Waals surface area contributed by atoms with Gasteiger partial charge in [-0.25, -0.2) is 4.79 Å². The summed E-state index contributed by atoms with van der Waals surface area (Å²) in [6.07, 6.45) is 2.16. The number of carbonyl (C=O) groups is 2. The van der Waals surface area contributed by atoms with Gasteiger partial charge in [-0.1, -0.05) is 29.8 Å². The van der Waals surface area contributed by atoms with Crippen molar-refractivity contribution in [3.05, 3.63) is 65.3 Å². The number of halogens is 1. The molecule has 0 saturated heterocycles. The predicted octanol–water partition coefficient (Wildman–Crippen LogP) is 3.49. The Kier molecular flexibility index (Phi) is 6.55. The number of carbonyl (C=O) groups excluding carboxylic acids is 2. The molecular weight excluding hydrogens is 380 g/mol. The van der Waals surface area contributed by atoms with Crippen LogP contribution in [-0.2, 0) is 20.7 Å². The predicted molar refractivity (Wildman–Crippen MR) is 108 cm³/mol. The number of aromatic nitrogens is 1. The number of fused-ring (bicyclic) bond motifs is 1. The second kappa shape index (κ2) is 9.28. The quantitative estimate of drug-likeness (QED) is 0.567. The minimum atomic E-state index is -0.805. The molecule has 3 aromatic rings. The zero-order chi connectivity index (χ0) is 19.9. The van der Waals surface area contributed by atoms with Crippen LogP contribution in [0.2, 0.25) is 5.02 Å². The van der Waals surface area contributed by atoms with Crippen LogP contribution in [0.5, 0.6) is 5.75 Å². The zero-order valence-electron chi connectivity index (χ0n) is 15.4.